The van der Waals surface area contributed by atoms with Crippen molar-refractivity contribution in [3.05, 3.63) is 96.4 Å². The summed E-state index contributed by atoms with van der Waals surface area (Å²) in [6.45, 7) is 6.44. The van der Waals surface area contributed by atoms with Crippen LogP contribution >= 0.6 is 31.9 Å². The first-order chi connectivity index (χ1) is 16.8. The molecule has 0 radical (unpaired) electrons. The second kappa shape index (κ2) is 10.7. The maximum atomic E-state index is 13.3. The normalized spacial score (nSPS) is 11.5. The molecule has 0 aliphatic heterocycles. The Morgan fingerprint density at radius 3 is 2.60 bits per heavy atom. The Balaban J connectivity index is 1.69. The van der Waals surface area contributed by atoms with Crippen molar-refractivity contribution in [2.24, 2.45) is 5.10 Å². The number of fused-ring (bicyclic) bond motifs is 1. The third-order valence-corrected chi connectivity index (χ3v) is 6.60. The van der Waals surface area contributed by atoms with Gasteiger partial charge in [0.15, 0.2) is 11.5 Å². The quantitative estimate of drug-likeness (QED) is 0.219. The van der Waals surface area contributed by atoms with Crippen LogP contribution in [0.2, 0.25) is 0 Å². The number of benzene rings is 3. The second-order valence-corrected chi connectivity index (χ2v) is 10.2. The van der Waals surface area contributed by atoms with Gasteiger partial charge in [-0.05, 0) is 58.7 Å². The molecule has 6 nitrogen and oxygen atoms in total. The summed E-state index contributed by atoms with van der Waals surface area (Å²) in [5, 5.41) is 5.02. The molecule has 0 amide bonds. The maximum Gasteiger partial charge on any atom is 0.282 e. The summed E-state index contributed by atoms with van der Waals surface area (Å²) in [6.07, 6.45) is 1.62. The van der Waals surface area contributed by atoms with Crippen LogP contribution in [0.25, 0.3) is 10.9 Å². The average molecular weight is 599 g/mol. The number of hydrogen-bond donors (Lipinski definition) is 0. The standard InChI is InChI=1S/C27H25Br2N3O3/c1-16(2)26-31-23-9-8-20(28)12-21(23)27(33)32(26)30-14-19-11-24(34-4)25(13-22(19)29)35-15-18-7-5-6-17(3)10-18/h5-14,16H,15H2,1-4H3. The number of aromatic nitrogens is 2. The maximum absolute atomic E-state index is 13.3. The lowest BCUT2D eigenvalue weighted by Gasteiger charge is -2.14. The summed E-state index contributed by atoms with van der Waals surface area (Å²) >= 11 is 7.03. The first-order valence-electron chi connectivity index (χ1n) is 11.1. The predicted molar refractivity (Wildman–Crippen MR) is 147 cm³/mol. The highest BCUT2D eigenvalue weighted by Crippen LogP contribution is 2.33. The molecule has 35 heavy (non-hydrogen) atoms. The van der Waals surface area contributed by atoms with Crippen LogP contribution in [0.15, 0.2) is 73.4 Å². The molecule has 0 fully saturated rings. The van der Waals surface area contributed by atoms with Crippen molar-refractivity contribution in [1.29, 1.82) is 0 Å². The zero-order chi connectivity index (χ0) is 25.1. The first-order valence-corrected chi connectivity index (χ1v) is 12.7. The van der Waals surface area contributed by atoms with Crippen molar-refractivity contribution in [1.82, 2.24) is 9.66 Å². The SMILES string of the molecule is COc1cc(C=Nn2c(C(C)C)nc3ccc(Br)cc3c2=O)c(Br)cc1OCc1cccc(C)c1. The zero-order valence-electron chi connectivity index (χ0n) is 19.9. The lowest BCUT2D eigenvalue weighted by molar-refractivity contribution is 0.284. The van der Waals surface area contributed by atoms with E-state index in [0.29, 0.717) is 34.8 Å². The van der Waals surface area contributed by atoms with Crippen molar-refractivity contribution < 1.29 is 9.47 Å². The first kappa shape index (κ1) is 25.1. The van der Waals surface area contributed by atoms with Crippen LogP contribution < -0.4 is 15.0 Å². The summed E-state index contributed by atoms with van der Waals surface area (Å²) < 4.78 is 14.5. The van der Waals surface area contributed by atoms with E-state index in [1.807, 2.05) is 50.2 Å². The van der Waals surface area contributed by atoms with Gasteiger partial charge in [-0.1, -0.05) is 59.6 Å². The molecule has 0 saturated heterocycles. The molecule has 8 heteroatoms. The van der Waals surface area contributed by atoms with Gasteiger partial charge < -0.3 is 9.47 Å². The molecular formula is C27H25Br2N3O3. The van der Waals surface area contributed by atoms with Crippen LogP contribution in [0.5, 0.6) is 11.5 Å². The minimum absolute atomic E-state index is 0.00303. The summed E-state index contributed by atoms with van der Waals surface area (Å²) in [4.78, 5) is 18.0. The van der Waals surface area contributed by atoms with Crippen molar-refractivity contribution in [3.63, 3.8) is 0 Å². The molecule has 0 N–H and O–H groups in total. The fourth-order valence-electron chi connectivity index (χ4n) is 3.66. The molecule has 180 valence electrons. The van der Waals surface area contributed by atoms with E-state index in [9.17, 15) is 4.79 Å². The highest BCUT2D eigenvalue weighted by Gasteiger charge is 2.15. The molecule has 0 aliphatic carbocycles. The Hall–Kier alpha value is -2.97. The van der Waals surface area contributed by atoms with Gasteiger partial charge in [-0.15, -0.1) is 0 Å². The molecule has 0 atom stereocenters. The topological polar surface area (TPSA) is 65.7 Å². The third-order valence-electron chi connectivity index (χ3n) is 5.42. The Bertz CT molecular complexity index is 1480. The monoisotopic (exact) mass is 597 g/mol. The van der Waals surface area contributed by atoms with E-state index in [-0.39, 0.29) is 11.5 Å². The highest BCUT2D eigenvalue weighted by molar-refractivity contribution is 9.10. The van der Waals surface area contributed by atoms with Gasteiger partial charge in [-0.25, -0.2) is 4.98 Å². The molecule has 1 heterocycles. The van der Waals surface area contributed by atoms with Crippen molar-refractivity contribution in [2.45, 2.75) is 33.3 Å². The number of halogens is 2. The van der Waals surface area contributed by atoms with Gasteiger partial charge in [-0.3, -0.25) is 4.79 Å². The molecule has 1 aromatic heterocycles. The molecule has 0 aliphatic rings. The lowest BCUT2D eigenvalue weighted by Crippen LogP contribution is -2.23. The van der Waals surface area contributed by atoms with Gasteiger partial charge >= 0.3 is 0 Å². The Morgan fingerprint density at radius 1 is 1.09 bits per heavy atom. The number of methoxy groups -OCH3 is 1. The van der Waals surface area contributed by atoms with Crippen LogP contribution in [-0.4, -0.2) is 23.0 Å². The molecule has 4 aromatic rings. The van der Waals surface area contributed by atoms with E-state index < -0.39 is 0 Å². The fraction of sp³-hybridized carbons (Fsp3) is 0.222. The van der Waals surface area contributed by atoms with Gasteiger partial charge in [0.1, 0.15) is 12.4 Å². The zero-order valence-corrected chi connectivity index (χ0v) is 23.1. The van der Waals surface area contributed by atoms with E-state index in [2.05, 4.69) is 56.0 Å². The van der Waals surface area contributed by atoms with Gasteiger partial charge in [0, 0.05) is 20.4 Å². The smallest absolute Gasteiger partial charge is 0.282 e. The van der Waals surface area contributed by atoms with E-state index in [4.69, 9.17) is 14.5 Å². The number of nitrogens with zero attached hydrogens (tertiary/aromatic N) is 3. The number of aryl methyl sites for hydroxylation is 1. The number of hydrogen-bond acceptors (Lipinski definition) is 5. The van der Waals surface area contributed by atoms with Crippen molar-refractivity contribution in [3.8, 4) is 11.5 Å². The Kier molecular flexibility index (Phi) is 7.72. The van der Waals surface area contributed by atoms with Crippen molar-refractivity contribution >= 4 is 49.0 Å². The van der Waals surface area contributed by atoms with E-state index in [1.165, 1.54) is 10.2 Å². The predicted octanol–water partition coefficient (Wildman–Crippen LogP) is 6.82. The fourth-order valence-corrected chi connectivity index (χ4v) is 4.44. The molecule has 0 bridgehead atoms. The van der Waals surface area contributed by atoms with Gasteiger partial charge in [0.05, 0.1) is 24.2 Å². The minimum atomic E-state index is -0.225. The van der Waals surface area contributed by atoms with Gasteiger partial charge in [0.2, 0.25) is 0 Å². The van der Waals surface area contributed by atoms with Crippen LogP contribution in [0, 0.1) is 6.92 Å². The van der Waals surface area contributed by atoms with E-state index in [1.54, 1.807) is 19.4 Å². The molecule has 3 aromatic carbocycles. The van der Waals surface area contributed by atoms with Crippen LogP contribution in [0.1, 0.15) is 42.3 Å². The molecule has 0 unspecified atom stereocenters. The average Bonchev–Trinajstić information content (AvgIpc) is 2.83. The Morgan fingerprint density at radius 2 is 1.89 bits per heavy atom. The molecule has 0 spiro atoms. The van der Waals surface area contributed by atoms with Crippen LogP contribution in [0.4, 0.5) is 0 Å². The number of rotatable bonds is 7. The second-order valence-electron chi connectivity index (χ2n) is 8.45. The lowest BCUT2D eigenvalue weighted by atomic mass is 10.1. The van der Waals surface area contributed by atoms with Gasteiger partial charge in [0.25, 0.3) is 5.56 Å². The largest absolute Gasteiger partial charge is 0.493 e. The van der Waals surface area contributed by atoms with E-state index in [0.717, 1.165) is 20.1 Å². The third kappa shape index (κ3) is 5.65. The van der Waals surface area contributed by atoms with Gasteiger partial charge in [-0.2, -0.15) is 9.78 Å². The summed E-state index contributed by atoms with van der Waals surface area (Å²) in [7, 11) is 1.59. The highest BCUT2D eigenvalue weighted by atomic mass is 79.9. The molecule has 0 saturated carbocycles. The molecular weight excluding hydrogens is 574 g/mol. The van der Waals surface area contributed by atoms with Crippen LogP contribution in [-0.2, 0) is 6.61 Å². The summed E-state index contributed by atoms with van der Waals surface area (Å²) in [5.41, 5.74) is 3.41. The summed E-state index contributed by atoms with van der Waals surface area (Å²) in [5.74, 6) is 1.76. The van der Waals surface area contributed by atoms with Crippen molar-refractivity contribution in [2.75, 3.05) is 7.11 Å². The van der Waals surface area contributed by atoms with Crippen LogP contribution in [0.3, 0.4) is 0 Å². The number of ether oxygens (including phenoxy) is 2. The minimum Gasteiger partial charge on any atom is -0.493 e. The molecule has 4 rings (SSSR count). The summed E-state index contributed by atoms with van der Waals surface area (Å²) in [6, 6.07) is 17.3. The Labute approximate surface area is 220 Å². The van der Waals surface area contributed by atoms with E-state index >= 15 is 0 Å².